The van der Waals surface area contributed by atoms with Gasteiger partial charge in [-0.1, -0.05) is 22.0 Å². The lowest BCUT2D eigenvalue weighted by Crippen LogP contribution is -2.21. The highest BCUT2D eigenvalue weighted by atomic mass is 79.9. The molecule has 0 bridgehead atoms. The SMILES string of the molecule is Cc1ccc(Br)cc1NCCN(C)C. The molecule has 1 rings (SSSR count). The molecule has 0 spiro atoms. The van der Waals surface area contributed by atoms with Gasteiger partial charge in [0.25, 0.3) is 0 Å². The molecule has 0 radical (unpaired) electrons. The molecule has 0 amide bonds. The minimum absolute atomic E-state index is 0.976. The zero-order valence-electron chi connectivity index (χ0n) is 8.97. The summed E-state index contributed by atoms with van der Waals surface area (Å²) in [4.78, 5) is 2.17. The normalized spacial score (nSPS) is 10.6. The van der Waals surface area contributed by atoms with Crippen LogP contribution in [0.3, 0.4) is 0 Å². The van der Waals surface area contributed by atoms with Crippen molar-refractivity contribution >= 4 is 21.6 Å². The molecule has 1 aromatic carbocycles. The molecule has 0 aliphatic heterocycles. The number of hydrogen-bond donors (Lipinski definition) is 1. The molecule has 1 aromatic rings. The minimum Gasteiger partial charge on any atom is -0.384 e. The van der Waals surface area contributed by atoms with Crippen LogP contribution in [0.5, 0.6) is 0 Å². The van der Waals surface area contributed by atoms with Crippen molar-refractivity contribution in [1.82, 2.24) is 4.90 Å². The third kappa shape index (κ3) is 3.68. The zero-order valence-corrected chi connectivity index (χ0v) is 10.6. The highest BCUT2D eigenvalue weighted by Gasteiger charge is 1.98. The second kappa shape index (κ2) is 5.37. The summed E-state index contributed by atoms with van der Waals surface area (Å²) in [7, 11) is 4.16. The Kier molecular flexibility index (Phi) is 4.42. The Morgan fingerprint density at radius 3 is 2.71 bits per heavy atom. The van der Waals surface area contributed by atoms with Gasteiger partial charge in [-0.2, -0.15) is 0 Å². The van der Waals surface area contributed by atoms with E-state index in [1.165, 1.54) is 11.3 Å². The number of anilines is 1. The molecule has 0 saturated heterocycles. The van der Waals surface area contributed by atoms with Gasteiger partial charge < -0.3 is 10.2 Å². The van der Waals surface area contributed by atoms with Crippen LogP contribution in [0.15, 0.2) is 22.7 Å². The molecule has 14 heavy (non-hydrogen) atoms. The largest absolute Gasteiger partial charge is 0.384 e. The topological polar surface area (TPSA) is 15.3 Å². The third-order valence-corrected chi connectivity index (χ3v) is 2.57. The fourth-order valence-electron chi connectivity index (χ4n) is 1.20. The van der Waals surface area contributed by atoms with Crippen LogP contribution in [0.4, 0.5) is 5.69 Å². The Bertz CT molecular complexity index is 297. The number of nitrogens with zero attached hydrogens (tertiary/aromatic N) is 1. The Balaban J connectivity index is 2.53. The molecular weight excluding hydrogens is 240 g/mol. The fourth-order valence-corrected chi connectivity index (χ4v) is 1.56. The van der Waals surface area contributed by atoms with Crippen LogP contribution in [-0.2, 0) is 0 Å². The predicted molar refractivity (Wildman–Crippen MR) is 65.9 cm³/mol. The molecule has 1 N–H and O–H groups in total. The lowest BCUT2D eigenvalue weighted by atomic mass is 10.2. The van der Waals surface area contributed by atoms with E-state index < -0.39 is 0 Å². The quantitative estimate of drug-likeness (QED) is 0.892. The third-order valence-electron chi connectivity index (χ3n) is 2.07. The first-order chi connectivity index (χ1) is 6.59. The van der Waals surface area contributed by atoms with Crippen molar-refractivity contribution in [2.24, 2.45) is 0 Å². The summed E-state index contributed by atoms with van der Waals surface area (Å²) >= 11 is 3.47. The first kappa shape index (κ1) is 11.5. The average molecular weight is 257 g/mol. The molecule has 0 saturated carbocycles. The zero-order chi connectivity index (χ0) is 10.6. The standard InChI is InChI=1S/C11H17BrN2/c1-9-4-5-10(12)8-11(9)13-6-7-14(2)3/h4-5,8,13H,6-7H2,1-3H3. The molecule has 3 heteroatoms. The van der Waals surface area contributed by atoms with Gasteiger partial charge in [0.15, 0.2) is 0 Å². The Morgan fingerprint density at radius 2 is 2.07 bits per heavy atom. The van der Waals surface area contributed by atoms with Crippen LogP contribution in [0.2, 0.25) is 0 Å². The lowest BCUT2D eigenvalue weighted by Gasteiger charge is -2.13. The van der Waals surface area contributed by atoms with E-state index in [1.807, 2.05) is 0 Å². The number of benzene rings is 1. The first-order valence-corrected chi connectivity index (χ1v) is 5.53. The van der Waals surface area contributed by atoms with E-state index in [0.29, 0.717) is 0 Å². The summed E-state index contributed by atoms with van der Waals surface area (Å²) in [5.41, 5.74) is 2.49. The van der Waals surface area contributed by atoms with Crippen LogP contribution in [0.25, 0.3) is 0 Å². The second-order valence-electron chi connectivity index (χ2n) is 3.69. The lowest BCUT2D eigenvalue weighted by molar-refractivity contribution is 0.425. The van der Waals surface area contributed by atoms with Crippen molar-refractivity contribution in [3.05, 3.63) is 28.2 Å². The van der Waals surface area contributed by atoms with Crippen LogP contribution >= 0.6 is 15.9 Å². The van der Waals surface area contributed by atoms with Crippen molar-refractivity contribution in [3.8, 4) is 0 Å². The van der Waals surface area contributed by atoms with Crippen LogP contribution in [0.1, 0.15) is 5.56 Å². The molecule has 0 aliphatic rings. The van der Waals surface area contributed by atoms with E-state index in [4.69, 9.17) is 0 Å². The molecule has 0 atom stereocenters. The van der Waals surface area contributed by atoms with Gasteiger partial charge >= 0.3 is 0 Å². The summed E-state index contributed by atoms with van der Waals surface area (Å²) in [5.74, 6) is 0. The van der Waals surface area contributed by atoms with E-state index >= 15 is 0 Å². The minimum atomic E-state index is 0.976. The van der Waals surface area contributed by atoms with Gasteiger partial charge in [0.2, 0.25) is 0 Å². The molecule has 0 unspecified atom stereocenters. The van der Waals surface area contributed by atoms with Crippen molar-refractivity contribution in [2.45, 2.75) is 6.92 Å². The predicted octanol–water partition coefficient (Wildman–Crippen LogP) is 2.73. The summed E-state index contributed by atoms with van der Waals surface area (Å²) < 4.78 is 1.12. The smallest absolute Gasteiger partial charge is 0.0381 e. The number of hydrogen-bond acceptors (Lipinski definition) is 2. The van der Waals surface area contributed by atoms with Crippen LogP contribution < -0.4 is 5.32 Å². The first-order valence-electron chi connectivity index (χ1n) is 4.74. The highest BCUT2D eigenvalue weighted by molar-refractivity contribution is 9.10. The van der Waals surface area contributed by atoms with E-state index in [0.717, 1.165) is 17.6 Å². The second-order valence-corrected chi connectivity index (χ2v) is 4.60. The van der Waals surface area contributed by atoms with Crippen LogP contribution in [0, 0.1) is 6.92 Å². The summed E-state index contributed by atoms with van der Waals surface area (Å²) in [6, 6.07) is 6.29. The Hall–Kier alpha value is -0.540. The van der Waals surface area contributed by atoms with Crippen molar-refractivity contribution in [2.75, 3.05) is 32.5 Å². The number of rotatable bonds is 4. The van der Waals surface area contributed by atoms with Gasteiger partial charge in [0.1, 0.15) is 0 Å². The van der Waals surface area contributed by atoms with Crippen molar-refractivity contribution in [1.29, 1.82) is 0 Å². The van der Waals surface area contributed by atoms with Gasteiger partial charge in [0, 0.05) is 23.2 Å². The van der Waals surface area contributed by atoms with Crippen molar-refractivity contribution in [3.63, 3.8) is 0 Å². The summed E-state index contributed by atoms with van der Waals surface area (Å²) in [6.45, 7) is 4.14. The van der Waals surface area contributed by atoms with E-state index in [-0.39, 0.29) is 0 Å². The van der Waals surface area contributed by atoms with Crippen molar-refractivity contribution < 1.29 is 0 Å². The highest BCUT2D eigenvalue weighted by Crippen LogP contribution is 2.20. The molecule has 78 valence electrons. The molecule has 2 nitrogen and oxygen atoms in total. The Labute approximate surface area is 94.4 Å². The average Bonchev–Trinajstić information content (AvgIpc) is 2.10. The maximum absolute atomic E-state index is 3.47. The van der Waals surface area contributed by atoms with Gasteiger partial charge in [-0.25, -0.2) is 0 Å². The Morgan fingerprint density at radius 1 is 1.36 bits per heavy atom. The van der Waals surface area contributed by atoms with Crippen LogP contribution in [-0.4, -0.2) is 32.1 Å². The van der Waals surface area contributed by atoms with Gasteiger partial charge in [0.05, 0.1) is 0 Å². The number of likely N-dealkylation sites (N-methyl/N-ethyl adjacent to an activating group) is 1. The van der Waals surface area contributed by atoms with Gasteiger partial charge in [-0.15, -0.1) is 0 Å². The summed E-state index contributed by atoms with van der Waals surface area (Å²) in [6.07, 6.45) is 0. The molecule has 0 fully saturated rings. The molecular formula is C11H17BrN2. The maximum Gasteiger partial charge on any atom is 0.0381 e. The number of halogens is 1. The molecule has 0 aromatic heterocycles. The molecule has 0 heterocycles. The van der Waals surface area contributed by atoms with E-state index in [2.05, 4.69) is 65.4 Å². The molecule has 0 aliphatic carbocycles. The maximum atomic E-state index is 3.47. The summed E-state index contributed by atoms with van der Waals surface area (Å²) in [5, 5.41) is 3.41. The number of aryl methyl sites for hydroxylation is 1. The van der Waals surface area contributed by atoms with E-state index in [9.17, 15) is 0 Å². The van der Waals surface area contributed by atoms with E-state index in [1.54, 1.807) is 0 Å². The monoisotopic (exact) mass is 256 g/mol. The van der Waals surface area contributed by atoms with Gasteiger partial charge in [-0.3, -0.25) is 0 Å². The fraction of sp³-hybridized carbons (Fsp3) is 0.455. The number of nitrogens with one attached hydrogen (secondary N) is 1. The van der Waals surface area contributed by atoms with Gasteiger partial charge in [-0.05, 0) is 38.7 Å².